The van der Waals surface area contributed by atoms with Gasteiger partial charge in [-0.05, 0) is 29.0 Å². The second kappa shape index (κ2) is 4.73. The van der Waals surface area contributed by atoms with Crippen LogP contribution in [-0.4, -0.2) is 4.98 Å². The van der Waals surface area contributed by atoms with E-state index in [9.17, 15) is 0 Å². The predicted molar refractivity (Wildman–Crippen MR) is 73.2 cm³/mol. The molecule has 0 spiro atoms. The molecule has 0 fully saturated rings. The van der Waals surface area contributed by atoms with E-state index in [1.807, 2.05) is 6.07 Å². The van der Waals surface area contributed by atoms with Crippen molar-refractivity contribution in [3.63, 3.8) is 0 Å². The molecule has 0 saturated heterocycles. The number of nitrogens with zero attached hydrogens (tertiary/aromatic N) is 1. The minimum atomic E-state index is 0.169. The zero-order chi connectivity index (χ0) is 12.3. The molecule has 17 heavy (non-hydrogen) atoms. The second-order valence-electron chi connectivity index (χ2n) is 4.95. The lowest BCUT2D eigenvalue weighted by Crippen LogP contribution is -2.10. The third-order valence-corrected chi connectivity index (χ3v) is 3.18. The Morgan fingerprint density at radius 3 is 2.65 bits per heavy atom. The van der Waals surface area contributed by atoms with Crippen LogP contribution in [-0.2, 0) is 5.41 Å². The van der Waals surface area contributed by atoms with Crippen LogP contribution in [0.5, 0.6) is 0 Å². The van der Waals surface area contributed by atoms with Crippen molar-refractivity contribution in [2.24, 2.45) is 0 Å². The SMILES string of the molecule is CC(C)(C)c1cccc(C#Cc2cncs2)c1. The monoisotopic (exact) mass is 241 g/mol. The van der Waals surface area contributed by atoms with Gasteiger partial charge in [-0.1, -0.05) is 38.8 Å². The van der Waals surface area contributed by atoms with Gasteiger partial charge < -0.3 is 0 Å². The summed E-state index contributed by atoms with van der Waals surface area (Å²) < 4.78 is 0. The van der Waals surface area contributed by atoms with Crippen molar-refractivity contribution in [2.75, 3.05) is 0 Å². The van der Waals surface area contributed by atoms with Crippen LogP contribution in [0.1, 0.15) is 36.8 Å². The highest BCUT2D eigenvalue weighted by Crippen LogP contribution is 2.22. The van der Waals surface area contributed by atoms with E-state index >= 15 is 0 Å². The Bertz CT molecular complexity index is 551. The minimum absolute atomic E-state index is 0.169. The summed E-state index contributed by atoms with van der Waals surface area (Å²) in [5.74, 6) is 6.31. The molecule has 86 valence electrons. The molecule has 0 saturated carbocycles. The number of rotatable bonds is 0. The summed E-state index contributed by atoms with van der Waals surface area (Å²) in [6, 6.07) is 8.42. The number of aromatic nitrogens is 1. The van der Waals surface area contributed by atoms with Gasteiger partial charge in [0.25, 0.3) is 0 Å². The van der Waals surface area contributed by atoms with Gasteiger partial charge >= 0.3 is 0 Å². The molecule has 0 bridgehead atoms. The first-order chi connectivity index (χ1) is 8.05. The zero-order valence-corrected chi connectivity index (χ0v) is 11.1. The van der Waals surface area contributed by atoms with Gasteiger partial charge in [-0.15, -0.1) is 11.3 Å². The first kappa shape index (κ1) is 11.9. The van der Waals surface area contributed by atoms with E-state index in [1.54, 1.807) is 23.0 Å². The van der Waals surface area contributed by atoms with E-state index in [0.29, 0.717) is 0 Å². The Morgan fingerprint density at radius 2 is 2.00 bits per heavy atom. The molecule has 0 aliphatic rings. The molecule has 2 heteroatoms. The lowest BCUT2D eigenvalue weighted by atomic mass is 9.86. The van der Waals surface area contributed by atoms with Gasteiger partial charge in [-0.3, -0.25) is 4.98 Å². The minimum Gasteiger partial charge on any atom is -0.252 e. The van der Waals surface area contributed by atoms with Gasteiger partial charge in [-0.25, -0.2) is 0 Å². The predicted octanol–water partition coefficient (Wildman–Crippen LogP) is 3.84. The molecule has 0 aliphatic heterocycles. The van der Waals surface area contributed by atoms with Crippen molar-refractivity contribution < 1.29 is 0 Å². The molecule has 1 aromatic carbocycles. The number of hydrogen-bond acceptors (Lipinski definition) is 2. The van der Waals surface area contributed by atoms with Crippen LogP contribution in [0, 0.1) is 11.8 Å². The molecule has 2 rings (SSSR count). The van der Waals surface area contributed by atoms with Crippen molar-refractivity contribution in [3.05, 3.63) is 52.0 Å². The molecular formula is C15H15NS. The van der Waals surface area contributed by atoms with Crippen molar-refractivity contribution >= 4 is 11.3 Å². The van der Waals surface area contributed by atoms with Gasteiger partial charge in [0.1, 0.15) is 0 Å². The Morgan fingerprint density at radius 1 is 1.18 bits per heavy atom. The fraction of sp³-hybridized carbons (Fsp3) is 0.267. The van der Waals surface area contributed by atoms with Gasteiger partial charge in [0.2, 0.25) is 0 Å². The van der Waals surface area contributed by atoms with Crippen LogP contribution in [0.3, 0.4) is 0 Å². The maximum absolute atomic E-state index is 4.01. The highest BCUT2D eigenvalue weighted by molar-refractivity contribution is 7.10. The van der Waals surface area contributed by atoms with E-state index < -0.39 is 0 Å². The molecule has 0 N–H and O–H groups in total. The summed E-state index contributed by atoms with van der Waals surface area (Å²) >= 11 is 1.57. The van der Waals surface area contributed by atoms with Crippen molar-refractivity contribution in [1.29, 1.82) is 0 Å². The lowest BCUT2D eigenvalue weighted by Gasteiger charge is -2.18. The Labute approximate surface area is 107 Å². The Kier molecular flexibility index (Phi) is 3.31. The largest absolute Gasteiger partial charge is 0.252 e. The van der Waals surface area contributed by atoms with Crippen molar-refractivity contribution in [2.45, 2.75) is 26.2 Å². The molecule has 1 aromatic heterocycles. The lowest BCUT2D eigenvalue weighted by molar-refractivity contribution is 0.590. The molecule has 0 radical (unpaired) electrons. The quantitative estimate of drug-likeness (QED) is 0.639. The summed E-state index contributed by atoms with van der Waals surface area (Å²) in [6.07, 6.45) is 1.80. The van der Waals surface area contributed by atoms with Crippen LogP contribution in [0.4, 0.5) is 0 Å². The van der Waals surface area contributed by atoms with Crippen LogP contribution >= 0.6 is 11.3 Å². The summed E-state index contributed by atoms with van der Waals surface area (Å²) in [7, 11) is 0. The topological polar surface area (TPSA) is 12.9 Å². The van der Waals surface area contributed by atoms with Crippen molar-refractivity contribution in [1.82, 2.24) is 4.98 Å². The summed E-state index contributed by atoms with van der Waals surface area (Å²) in [5.41, 5.74) is 4.34. The van der Waals surface area contributed by atoms with Gasteiger partial charge in [0.05, 0.1) is 16.6 Å². The smallest absolute Gasteiger partial charge is 0.0970 e. The third kappa shape index (κ3) is 3.18. The maximum Gasteiger partial charge on any atom is 0.0970 e. The van der Waals surface area contributed by atoms with E-state index in [2.05, 4.69) is 55.8 Å². The van der Waals surface area contributed by atoms with Crippen LogP contribution in [0.25, 0.3) is 0 Å². The van der Waals surface area contributed by atoms with E-state index in [-0.39, 0.29) is 5.41 Å². The molecule has 0 atom stereocenters. The number of benzene rings is 1. The summed E-state index contributed by atoms with van der Waals surface area (Å²) in [5, 5.41) is 0. The van der Waals surface area contributed by atoms with Crippen LogP contribution < -0.4 is 0 Å². The molecule has 1 heterocycles. The van der Waals surface area contributed by atoms with E-state index in [4.69, 9.17) is 0 Å². The van der Waals surface area contributed by atoms with Crippen LogP contribution in [0.15, 0.2) is 36.0 Å². The maximum atomic E-state index is 4.01. The first-order valence-electron chi connectivity index (χ1n) is 5.57. The Hall–Kier alpha value is -1.59. The summed E-state index contributed by atoms with van der Waals surface area (Å²) in [6.45, 7) is 6.63. The highest BCUT2D eigenvalue weighted by atomic mass is 32.1. The zero-order valence-electron chi connectivity index (χ0n) is 10.3. The fourth-order valence-corrected chi connectivity index (χ4v) is 1.94. The molecule has 0 amide bonds. The van der Waals surface area contributed by atoms with E-state index in [0.717, 1.165) is 10.4 Å². The normalized spacial score (nSPS) is 10.8. The van der Waals surface area contributed by atoms with Gasteiger partial charge in [-0.2, -0.15) is 0 Å². The Balaban J connectivity index is 2.29. The van der Waals surface area contributed by atoms with Crippen molar-refractivity contribution in [3.8, 4) is 11.8 Å². The molecule has 2 aromatic rings. The number of thiazole rings is 1. The fourth-order valence-electron chi connectivity index (χ4n) is 1.47. The van der Waals surface area contributed by atoms with E-state index in [1.165, 1.54) is 5.56 Å². The highest BCUT2D eigenvalue weighted by Gasteiger charge is 2.12. The number of hydrogen-bond donors (Lipinski definition) is 0. The average molecular weight is 241 g/mol. The second-order valence-corrected chi connectivity index (χ2v) is 5.83. The molecule has 0 aliphatic carbocycles. The molecule has 0 unspecified atom stereocenters. The first-order valence-corrected chi connectivity index (χ1v) is 6.45. The molecule has 1 nitrogen and oxygen atoms in total. The van der Waals surface area contributed by atoms with Crippen LogP contribution in [0.2, 0.25) is 0 Å². The standard InChI is InChI=1S/C15H15NS/c1-15(2,3)13-6-4-5-12(9-13)7-8-14-10-16-11-17-14/h4-6,9-11H,1-3H3. The third-order valence-electron chi connectivity index (χ3n) is 2.49. The average Bonchev–Trinajstić information content (AvgIpc) is 2.78. The van der Waals surface area contributed by atoms with Gasteiger partial charge in [0.15, 0.2) is 0 Å². The molecular weight excluding hydrogens is 226 g/mol. The van der Waals surface area contributed by atoms with Gasteiger partial charge in [0, 0.05) is 5.56 Å². The summed E-state index contributed by atoms with van der Waals surface area (Å²) in [4.78, 5) is 5.01.